The van der Waals surface area contributed by atoms with Gasteiger partial charge in [0.25, 0.3) is 0 Å². The first-order chi connectivity index (χ1) is 23.7. The van der Waals surface area contributed by atoms with Crippen LogP contribution in [0.2, 0.25) is 0 Å². The van der Waals surface area contributed by atoms with Crippen LogP contribution in [-0.4, -0.2) is 75.3 Å². The molecular formula is C42H86O6. The molecule has 0 rings (SSSR count). The summed E-state index contributed by atoms with van der Waals surface area (Å²) in [5, 5.41) is 20.1. The van der Waals surface area contributed by atoms with Gasteiger partial charge < -0.3 is 29.2 Å². The minimum Gasteiger partial charge on any atom is -0.388 e. The maximum Gasteiger partial charge on any atom is 0.101 e. The average Bonchev–Trinajstić information content (AvgIpc) is 3.09. The van der Waals surface area contributed by atoms with Crippen molar-refractivity contribution in [3.63, 3.8) is 0 Å². The molecule has 0 amide bonds. The van der Waals surface area contributed by atoms with Crippen molar-refractivity contribution in [2.45, 2.75) is 219 Å². The van der Waals surface area contributed by atoms with E-state index in [1.54, 1.807) is 0 Å². The zero-order valence-electron chi connectivity index (χ0n) is 32.6. The quantitative estimate of drug-likeness (QED) is 0.0622. The van der Waals surface area contributed by atoms with Crippen molar-refractivity contribution in [2.75, 3.05) is 52.9 Å². The highest BCUT2D eigenvalue weighted by atomic mass is 16.5. The lowest BCUT2D eigenvalue weighted by molar-refractivity contribution is -0.0270. The number of unbranched alkanes of at least 4 members (excludes halogenated alkanes) is 27. The first-order valence-electron chi connectivity index (χ1n) is 21.4. The van der Waals surface area contributed by atoms with Crippen molar-refractivity contribution in [3.8, 4) is 0 Å². The fraction of sp³-hybridized carbons (Fsp3) is 1.00. The summed E-state index contributed by atoms with van der Waals surface area (Å²) in [6.07, 6.45) is 38.6. The highest BCUT2D eigenvalue weighted by molar-refractivity contribution is 4.55. The van der Waals surface area contributed by atoms with Crippen LogP contribution in [-0.2, 0) is 18.9 Å². The Morgan fingerprint density at radius 3 is 0.646 bits per heavy atom. The average molecular weight is 687 g/mol. The Kier molecular flexibility index (Phi) is 42.7. The van der Waals surface area contributed by atoms with Gasteiger partial charge in [-0.2, -0.15) is 0 Å². The Labute approximate surface area is 300 Å². The number of hydrogen-bond donors (Lipinski definition) is 2. The van der Waals surface area contributed by atoms with E-state index in [0.29, 0.717) is 39.6 Å². The summed E-state index contributed by atoms with van der Waals surface area (Å²) in [5.74, 6) is 0. The van der Waals surface area contributed by atoms with Gasteiger partial charge in [0.2, 0.25) is 0 Å². The molecule has 6 heteroatoms. The van der Waals surface area contributed by atoms with Crippen LogP contribution < -0.4 is 0 Å². The third-order valence-corrected chi connectivity index (χ3v) is 9.35. The summed E-state index contributed by atoms with van der Waals surface area (Å²) in [6.45, 7) is 8.54. The third kappa shape index (κ3) is 41.9. The lowest BCUT2D eigenvalue weighted by Crippen LogP contribution is -2.23. The van der Waals surface area contributed by atoms with E-state index in [4.69, 9.17) is 18.9 Å². The Hall–Kier alpha value is -0.240. The molecule has 0 aromatic heterocycles. The normalized spacial score (nSPS) is 13.0. The highest BCUT2D eigenvalue weighted by Crippen LogP contribution is 2.14. The molecule has 0 aliphatic rings. The van der Waals surface area contributed by atoms with Gasteiger partial charge >= 0.3 is 0 Å². The molecular weight excluding hydrogens is 600 g/mol. The molecule has 2 unspecified atom stereocenters. The van der Waals surface area contributed by atoms with Crippen molar-refractivity contribution in [2.24, 2.45) is 0 Å². The van der Waals surface area contributed by atoms with Crippen molar-refractivity contribution >= 4 is 0 Å². The summed E-state index contributed by atoms with van der Waals surface area (Å²) < 4.78 is 22.4. The molecule has 0 saturated heterocycles. The molecule has 2 atom stereocenters. The molecule has 2 N–H and O–H groups in total. The zero-order valence-corrected chi connectivity index (χ0v) is 32.6. The zero-order chi connectivity index (χ0) is 34.9. The van der Waals surface area contributed by atoms with Crippen LogP contribution in [0, 0.1) is 0 Å². The Bertz CT molecular complexity index is 514. The molecule has 0 saturated carbocycles. The Morgan fingerprint density at radius 1 is 0.271 bits per heavy atom. The number of aliphatic hydroxyl groups excluding tert-OH is 2. The molecule has 0 spiro atoms. The third-order valence-electron chi connectivity index (χ3n) is 9.35. The fourth-order valence-corrected chi connectivity index (χ4v) is 6.18. The molecule has 0 heterocycles. The van der Waals surface area contributed by atoms with Crippen molar-refractivity contribution in [1.29, 1.82) is 0 Å². The van der Waals surface area contributed by atoms with Gasteiger partial charge in [-0.05, 0) is 25.7 Å². The van der Waals surface area contributed by atoms with Gasteiger partial charge in [-0.1, -0.05) is 181 Å². The van der Waals surface area contributed by atoms with Crippen LogP contribution in [0.1, 0.15) is 206 Å². The second kappa shape index (κ2) is 42.9. The largest absolute Gasteiger partial charge is 0.388 e. The topological polar surface area (TPSA) is 77.4 Å². The first-order valence-corrected chi connectivity index (χ1v) is 21.4. The van der Waals surface area contributed by atoms with Crippen molar-refractivity contribution in [3.05, 3.63) is 0 Å². The first kappa shape index (κ1) is 47.8. The van der Waals surface area contributed by atoms with Gasteiger partial charge in [-0.3, -0.25) is 0 Å². The summed E-state index contributed by atoms with van der Waals surface area (Å²) in [4.78, 5) is 0. The van der Waals surface area contributed by atoms with E-state index in [-0.39, 0.29) is 0 Å². The van der Waals surface area contributed by atoms with E-state index in [9.17, 15) is 10.2 Å². The molecule has 0 aliphatic heterocycles. The molecule has 290 valence electrons. The van der Waals surface area contributed by atoms with Gasteiger partial charge in [0.1, 0.15) is 12.2 Å². The Balaban J connectivity index is 3.23. The minimum absolute atomic E-state index is 0.314. The van der Waals surface area contributed by atoms with Gasteiger partial charge in [0, 0.05) is 26.4 Å². The second-order valence-electron chi connectivity index (χ2n) is 14.5. The van der Waals surface area contributed by atoms with Crippen LogP contribution in [0.4, 0.5) is 0 Å². The maximum atomic E-state index is 10.1. The fourth-order valence-electron chi connectivity index (χ4n) is 6.18. The lowest BCUT2D eigenvalue weighted by Gasteiger charge is -2.13. The van der Waals surface area contributed by atoms with Crippen LogP contribution in [0.5, 0.6) is 0 Å². The number of ether oxygens (including phenoxy) is 4. The molecule has 48 heavy (non-hydrogen) atoms. The molecule has 0 bridgehead atoms. The highest BCUT2D eigenvalue weighted by Gasteiger charge is 2.06. The van der Waals surface area contributed by atoms with Crippen molar-refractivity contribution in [1.82, 2.24) is 0 Å². The molecule has 6 nitrogen and oxygen atoms in total. The van der Waals surface area contributed by atoms with E-state index in [0.717, 1.165) is 38.9 Å². The number of hydrogen-bond acceptors (Lipinski definition) is 6. The van der Waals surface area contributed by atoms with Crippen LogP contribution in [0.3, 0.4) is 0 Å². The smallest absolute Gasteiger partial charge is 0.101 e. The summed E-state index contributed by atoms with van der Waals surface area (Å²) in [7, 11) is 0. The SMILES string of the molecule is CCCCCCCCCCCCCCCCOCC(O)COCCCCOCC(O)COCCCCCCCCCCCCCCCC. The lowest BCUT2D eigenvalue weighted by atomic mass is 10.0. The van der Waals surface area contributed by atoms with E-state index >= 15 is 0 Å². The van der Waals surface area contributed by atoms with Crippen molar-refractivity contribution < 1.29 is 29.2 Å². The van der Waals surface area contributed by atoms with Gasteiger partial charge in [-0.15, -0.1) is 0 Å². The predicted octanol–water partition coefficient (Wildman–Crippen LogP) is 11.5. The monoisotopic (exact) mass is 687 g/mol. The van der Waals surface area contributed by atoms with Crippen LogP contribution >= 0.6 is 0 Å². The summed E-state index contributed by atoms with van der Waals surface area (Å²) >= 11 is 0. The molecule has 0 radical (unpaired) electrons. The molecule has 0 aromatic rings. The summed E-state index contributed by atoms with van der Waals surface area (Å²) in [6, 6.07) is 0. The number of rotatable bonds is 43. The van der Waals surface area contributed by atoms with E-state index in [1.165, 1.54) is 167 Å². The van der Waals surface area contributed by atoms with E-state index < -0.39 is 12.2 Å². The minimum atomic E-state index is -0.562. The maximum absolute atomic E-state index is 10.1. The van der Waals surface area contributed by atoms with E-state index in [1.807, 2.05) is 0 Å². The Morgan fingerprint density at radius 2 is 0.438 bits per heavy atom. The summed E-state index contributed by atoms with van der Waals surface area (Å²) in [5.41, 5.74) is 0. The van der Waals surface area contributed by atoms with Gasteiger partial charge in [0.15, 0.2) is 0 Å². The second-order valence-corrected chi connectivity index (χ2v) is 14.5. The molecule has 0 aromatic carbocycles. The standard InChI is InChI=1S/C42H86O6/c1-3-5-7-9-11-13-15-17-19-21-23-25-27-29-33-45-37-41(43)39-47-35-31-32-36-48-40-42(44)38-46-34-30-28-26-24-22-20-18-16-14-12-10-8-6-4-2/h41-44H,3-40H2,1-2H3. The molecule has 0 aliphatic carbocycles. The van der Waals surface area contributed by atoms with Gasteiger partial charge in [0.05, 0.1) is 26.4 Å². The van der Waals surface area contributed by atoms with Crippen LogP contribution in [0.25, 0.3) is 0 Å². The predicted molar refractivity (Wildman–Crippen MR) is 205 cm³/mol. The molecule has 0 fully saturated rings. The van der Waals surface area contributed by atoms with E-state index in [2.05, 4.69) is 13.8 Å². The van der Waals surface area contributed by atoms with Gasteiger partial charge in [-0.25, -0.2) is 0 Å². The number of aliphatic hydroxyl groups is 2. The van der Waals surface area contributed by atoms with Crippen LogP contribution in [0.15, 0.2) is 0 Å².